The summed E-state index contributed by atoms with van der Waals surface area (Å²) in [5.41, 5.74) is 1.28. The maximum atomic E-state index is 9.49. The molecule has 2 rings (SSSR count). The predicted octanol–water partition coefficient (Wildman–Crippen LogP) is 4.29. The van der Waals surface area contributed by atoms with Gasteiger partial charge >= 0.3 is 0 Å². The molecule has 0 aliphatic heterocycles. The summed E-state index contributed by atoms with van der Waals surface area (Å²) >= 11 is 5.36. The minimum absolute atomic E-state index is 0.257. The summed E-state index contributed by atoms with van der Waals surface area (Å²) in [4.78, 5) is 1.40. The van der Waals surface area contributed by atoms with Crippen LogP contribution in [0.25, 0.3) is 0 Å². The fourth-order valence-electron chi connectivity index (χ4n) is 2.03. The molecule has 0 amide bonds. The van der Waals surface area contributed by atoms with Gasteiger partial charge in [0.05, 0.1) is 0 Å². The smallest absolute Gasteiger partial charge is 0.0462 e. The van der Waals surface area contributed by atoms with Crippen LogP contribution in [-0.4, -0.2) is 11.7 Å². The third kappa shape index (κ3) is 3.94. The van der Waals surface area contributed by atoms with E-state index in [1.165, 1.54) is 10.4 Å². The Bertz CT molecular complexity index is 467. The molecule has 0 radical (unpaired) electrons. The quantitative estimate of drug-likeness (QED) is 0.840. The number of aliphatic hydroxyl groups is 1. The fourth-order valence-corrected chi connectivity index (χ4v) is 3.21. The Morgan fingerprint density at radius 1 is 1.17 bits per heavy atom. The Hall–Kier alpha value is -0.640. The lowest BCUT2D eigenvalue weighted by molar-refractivity contribution is 0.218. The van der Waals surface area contributed by atoms with E-state index in [1.807, 2.05) is 12.1 Å². The van der Waals surface area contributed by atoms with Crippen LogP contribution < -0.4 is 0 Å². The Labute approximate surface area is 121 Å². The zero-order valence-corrected chi connectivity index (χ0v) is 12.6. The van der Waals surface area contributed by atoms with E-state index in [1.54, 1.807) is 11.3 Å². The number of rotatable bonds is 6. The van der Waals surface area contributed by atoms with Crippen molar-refractivity contribution < 1.29 is 5.11 Å². The average molecular weight is 325 g/mol. The summed E-state index contributed by atoms with van der Waals surface area (Å²) in [7, 11) is 0. The number of halogens is 1. The molecule has 1 aromatic carbocycles. The molecule has 1 N–H and O–H groups in total. The van der Waals surface area contributed by atoms with Gasteiger partial charge in [-0.3, -0.25) is 0 Å². The van der Waals surface area contributed by atoms with Crippen LogP contribution in [-0.2, 0) is 12.8 Å². The van der Waals surface area contributed by atoms with Crippen LogP contribution >= 0.6 is 27.3 Å². The second-order valence-corrected chi connectivity index (χ2v) is 6.35. The highest BCUT2D eigenvalue weighted by atomic mass is 79.9. The van der Waals surface area contributed by atoms with Crippen molar-refractivity contribution in [3.8, 4) is 0 Å². The molecule has 3 heteroatoms. The van der Waals surface area contributed by atoms with Gasteiger partial charge in [0.25, 0.3) is 0 Å². The second kappa shape index (κ2) is 7.07. The van der Waals surface area contributed by atoms with Crippen molar-refractivity contribution in [2.24, 2.45) is 5.92 Å². The molecule has 1 aromatic heterocycles. The third-order valence-corrected chi connectivity index (χ3v) is 4.81. The highest BCUT2D eigenvalue weighted by Crippen LogP contribution is 2.22. The number of thiophene rings is 1. The SMILES string of the molecule is OCC(CCc1cccs1)Cc1ccccc1Br. The van der Waals surface area contributed by atoms with E-state index in [2.05, 4.69) is 45.6 Å². The molecule has 0 saturated heterocycles. The standard InChI is InChI=1S/C15H17BrOS/c16-15-6-2-1-4-13(15)10-12(11-17)7-8-14-5-3-9-18-14/h1-6,9,12,17H,7-8,10-11H2. The van der Waals surface area contributed by atoms with Gasteiger partial charge in [-0.2, -0.15) is 0 Å². The fraction of sp³-hybridized carbons (Fsp3) is 0.333. The molecule has 2 aromatic rings. The molecule has 0 bridgehead atoms. The largest absolute Gasteiger partial charge is 0.396 e. The van der Waals surface area contributed by atoms with Gasteiger partial charge in [0.2, 0.25) is 0 Å². The summed E-state index contributed by atoms with van der Waals surface area (Å²) < 4.78 is 1.14. The van der Waals surface area contributed by atoms with E-state index in [4.69, 9.17) is 0 Å². The maximum absolute atomic E-state index is 9.49. The van der Waals surface area contributed by atoms with Crippen molar-refractivity contribution in [2.75, 3.05) is 6.61 Å². The van der Waals surface area contributed by atoms with Crippen molar-refractivity contribution >= 4 is 27.3 Å². The molecule has 0 aliphatic carbocycles. The van der Waals surface area contributed by atoms with Crippen molar-refractivity contribution in [1.29, 1.82) is 0 Å². The van der Waals surface area contributed by atoms with Crippen LogP contribution in [0.15, 0.2) is 46.3 Å². The van der Waals surface area contributed by atoms with Gasteiger partial charge < -0.3 is 5.11 Å². The van der Waals surface area contributed by atoms with Crippen LogP contribution in [0, 0.1) is 5.92 Å². The van der Waals surface area contributed by atoms with Crippen molar-refractivity contribution in [2.45, 2.75) is 19.3 Å². The van der Waals surface area contributed by atoms with Gasteiger partial charge in [-0.15, -0.1) is 11.3 Å². The molecule has 1 atom stereocenters. The van der Waals surface area contributed by atoms with Crippen LogP contribution in [0.1, 0.15) is 16.9 Å². The normalized spacial score (nSPS) is 12.6. The molecule has 1 nitrogen and oxygen atoms in total. The zero-order valence-electron chi connectivity index (χ0n) is 10.2. The van der Waals surface area contributed by atoms with Gasteiger partial charge in [-0.25, -0.2) is 0 Å². The van der Waals surface area contributed by atoms with E-state index in [9.17, 15) is 5.11 Å². The minimum Gasteiger partial charge on any atom is -0.396 e. The molecule has 96 valence electrons. The lowest BCUT2D eigenvalue weighted by atomic mass is 9.95. The van der Waals surface area contributed by atoms with Gasteiger partial charge in [0.1, 0.15) is 0 Å². The Morgan fingerprint density at radius 3 is 2.67 bits per heavy atom. The van der Waals surface area contributed by atoms with Gasteiger partial charge in [0, 0.05) is 16.0 Å². The maximum Gasteiger partial charge on any atom is 0.0462 e. The third-order valence-electron chi connectivity index (χ3n) is 3.10. The average Bonchev–Trinajstić information content (AvgIpc) is 2.90. The molecule has 0 saturated carbocycles. The van der Waals surface area contributed by atoms with E-state index in [0.29, 0.717) is 5.92 Å². The Morgan fingerprint density at radius 2 is 2.00 bits per heavy atom. The van der Waals surface area contributed by atoms with E-state index >= 15 is 0 Å². The topological polar surface area (TPSA) is 20.2 Å². The monoisotopic (exact) mass is 324 g/mol. The number of hydrogen-bond acceptors (Lipinski definition) is 2. The lowest BCUT2D eigenvalue weighted by Crippen LogP contribution is -2.11. The first-order chi connectivity index (χ1) is 8.79. The second-order valence-electron chi connectivity index (χ2n) is 4.46. The molecule has 0 spiro atoms. The highest BCUT2D eigenvalue weighted by molar-refractivity contribution is 9.10. The molecular formula is C15H17BrOS. The van der Waals surface area contributed by atoms with Crippen LogP contribution in [0.5, 0.6) is 0 Å². The van der Waals surface area contributed by atoms with Crippen LogP contribution in [0.3, 0.4) is 0 Å². The summed E-state index contributed by atoms with van der Waals surface area (Å²) in [6.07, 6.45) is 3.04. The number of hydrogen-bond donors (Lipinski definition) is 1. The zero-order chi connectivity index (χ0) is 12.8. The van der Waals surface area contributed by atoms with Gasteiger partial charge in [-0.1, -0.05) is 40.2 Å². The lowest BCUT2D eigenvalue weighted by Gasteiger charge is -2.14. The highest BCUT2D eigenvalue weighted by Gasteiger charge is 2.11. The van der Waals surface area contributed by atoms with Crippen molar-refractivity contribution in [3.63, 3.8) is 0 Å². The molecule has 0 aliphatic rings. The summed E-state index contributed by atoms with van der Waals surface area (Å²) in [5, 5.41) is 11.6. The number of benzene rings is 1. The molecule has 1 heterocycles. The summed E-state index contributed by atoms with van der Waals surface area (Å²) in [5.74, 6) is 0.339. The molecule has 0 fully saturated rings. The minimum atomic E-state index is 0.257. The summed E-state index contributed by atoms with van der Waals surface area (Å²) in [6, 6.07) is 12.5. The number of aryl methyl sites for hydroxylation is 1. The summed E-state index contributed by atoms with van der Waals surface area (Å²) in [6.45, 7) is 0.257. The van der Waals surface area contributed by atoms with E-state index < -0.39 is 0 Å². The Balaban J connectivity index is 1.91. The first-order valence-electron chi connectivity index (χ1n) is 6.16. The predicted molar refractivity (Wildman–Crippen MR) is 81.1 cm³/mol. The van der Waals surface area contributed by atoms with Gasteiger partial charge in [0.15, 0.2) is 0 Å². The first kappa shape index (κ1) is 13.8. The van der Waals surface area contributed by atoms with Crippen molar-refractivity contribution in [3.05, 3.63) is 56.7 Å². The molecular weight excluding hydrogens is 308 g/mol. The molecule has 18 heavy (non-hydrogen) atoms. The van der Waals surface area contributed by atoms with E-state index in [0.717, 1.165) is 23.7 Å². The molecule has 1 unspecified atom stereocenters. The van der Waals surface area contributed by atoms with Crippen molar-refractivity contribution in [1.82, 2.24) is 0 Å². The van der Waals surface area contributed by atoms with Crippen LogP contribution in [0.4, 0.5) is 0 Å². The Kier molecular flexibility index (Phi) is 5.42. The first-order valence-corrected chi connectivity index (χ1v) is 7.83. The number of aliphatic hydroxyl groups excluding tert-OH is 1. The van der Waals surface area contributed by atoms with Gasteiger partial charge in [-0.05, 0) is 48.3 Å². The van der Waals surface area contributed by atoms with E-state index in [-0.39, 0.29) is 6.61 Å². The van der Waals surface area contributed by atoms with Crippen LogP contribution in [0.2, 0.25) is 0 Å².